The van der Waals surface area contributed by atoms with Gasteiger partial charge >= 0.3 is 0 Å². The molecular formula is C31H38FN5O2. The van der Waals surface area contributed by atoms with Gasteiger partial charge in [0.05, 0.1) is 18.4 Å². The average Bonchev–Trinajstić information content (AvgIpc) is 3.33. The van der Waals surface area contributed by atoms with E-state index in [1.165, 1.54) is 11.0 Å². The second kappa shape index (κ2) is 11.9. The number of fused-ring (bicyclic) bond motifs is 1. The minimum atomic E-state index is -0.475. The van der Waals surface area contributed by atoms with Gasteiger partial charge in [0.15, 0.2) is 0 Å². The van der Waals surface area contributed by atoms with Gasteiger partial charge < -0.3 is 19.9 Å². The fourth-order valence-electron chi connectivity index (χ4n) is 5.04. The van der Waals surface area contributed by atoms with Crippen molar-refractivity contribution in [3.8, 4) is 28.0 Å². The molecule has 0 aliphatic rings. The van der Waals surface area contributed by atoms with Crippen LogP contribution in [0.4, 0.5) is 10.1 Å². The molecule has 4 rings (SSSR count). The van der Waals surface area contributed by atoms with Gasteiger partial charge in [0.2, 0.25) is 0 Å². The number of ether oxygens (including phenoxy) is 1. The van der Waals surface area contributed by atoms with Gasteiger partial charge in [0, 0.05) is 73.7 Å². The maximum atomic E-state index is 15.7. The molecule has 0 saturated carbocycles. The number of carbonyl (C=O) groups is 1. The maximum absolute atomic E-state index is 15.7. The molecule has 2 aromatic carbocycles. The minimum Gasteiger partial charge on any atom is -0.496 e. The van der Waals surface area contributed by atoms with Crippen molar-refractivity contribution in [1.82, 2.24) is 19.8 Å². The number of benzene rings is 2. The number of anilines is 1. The normalized spacial score (nSPS) is 11.6. The number of hydrogen-bond acceptors (Lipinski definition) is 5. The quantitative estimate of drug-likeness (QED) is 0.252. The lowest BCUT2D eigenvalue weighted by Gasteiger charge is -2.30. The molecule has 206 valence electrons. The van der Waals surface area contributed by atoms with E-state index in [1.807, 2.05) is 36.5 Å². The van der Waals surface area contributed by atoms with Crippen LogP contribution in [-0.4, -0.2) is 72.1 Å². The number of aromatic amines is 1. The van der Waals surface area contributed by atoms with Gasteiger partial charge in [-0.2, -0.15) is 0 Å². The standard InChI is InChI=1S/C31H38FN5O2/c1-19(2)37(20(3)4)13-12-33-29-25(31(38)36(5)6)14-21(16-27(29)32)22-15-24-26(18-35-30(24)34-17-22)23-10-8-9-11-28(23)39-7/h8-11,14-20,33H,12-13H2,1-7H3,(H,34,35). The van der Waals surface area contributed by atoms with Crippen molar-refractivity contribution in [3.63, 3.8) is 0 Å². The van der Waals surface area contributed by atoms with Crippen LogP contribution < -0.4 is 10.1 Å². The van der Waals surface area contributed by atoms with Crippen molar-refractivity contribution in [2.75, 3.05) is 39.6 Å². The van der Waals surface area contributed by atoms with E-state index in [0.29, 0.717) is 35.4 Å². The van der Waals surface area contributed by atoms with Gasteiger partial charge in [-0.25, -0.2) is 9.37 Å². The van der Waals surface area contributed by atoms with E-state index in [4.69, 9.17) is 4.74 Å². The topological polar surface area (TPSA) is 73.5 Å². The Kier molecular flexibility index (Phi) is 8.55. The van der Waals surface area contributed by atoms with Crippen molar-refractivity contribution < 1.29 is 13.9 Å². The van der Waals surface area contributed by atoms with E-state index >= 15 is 4.39 Å². The van der Waals surface area contributed by atoms with Crippen molar-refractivity contribution in [1.29, 1.82) is 0 Å². The Morgan fingerprint density at radius 2 is 1.77 bits per heavy atom. The summed E-state index contributed by atoms with van der Waals surface area (Å²) in [6.45, 7) is 9.82. The van der Waals surface area contributed by atoms with Crippen molar-refractivity contribution in [2.24, 2.45) is 0 Å². The van der Waals surface area contributed by atoms with Gasteiger partial charge in [-0.1, -0.05) is 18.2 Å². The zero-order chi connectivity index (χ0) is 28.3. The van der Waals surface area contributed by atoms with Crippen LogP contribution in [0.5, 0.6) is 5.75 Å². The molecule has 2 aromatic heterocycles. The number of para-hydroxylation sites is 1. The number of halogens is 1. The van der Waals surface area contributed by atoms with E-state index in [2.05, 4.69) is 47.9 Å². The predicted molar refractivity (Wildman–Crippen MR) is 157 cm³/mol. The van der Waals surface area contributed by atoms with E-state index in [9.17, 15) is 4.79 Å². The lowest BCUT2D eigenvalue weighted by Crippen LogP contribution is -2.40. The highest BCUT2D eigenvalue weighted by Crippen LogP contribution is 2.37. The summed E-state index contributed by atoms with van der Waals surface area (Å²) in [6, 6.07) is 13.7. The molecule has 4 aromatic rings. The van der Waals surface area contributed by atoms with Crippen molar-refractivity contribution in [3.05, 3.63) is 66.2 Å². The monoisotopic (exact) mass is 531 g/mol. The number of amides is 1. The predicted octanol–water partition coefficient (Wildman–Crippen LogP) is 6.28. The molecule has 2 N–H and O–H groups in total. The van der Waals surface area contributed by atoms with Crippen LogP contribution in [0.15, 0.2) is 54.9 Å². The first-order chi connectivity index (χ1) is 18.6. The zero-order valence-electron chi connectivity index (χ0n) is 23.8. The molecule has 0 radical (unpaired) electrons. The first kappa shape index (κ1) is 28.1. The smallest absolute Gasteiger partial charge is 0.255 e. The number of aromatic nitrogens is 2. The third-order valence-electron chi connectivity index (χ3n) is 6.99. The highest BCUT2D eigenvalue weighted by molar-refractivity contribution is 6.02. The Morgan fingerprint density at radius 1 is 1.05 bits per heavy atom. The Balaban J connectivity index is 1.74. The van der Waals surface area contributed by atoms with Crippen LogP contribution in [0.2, 0.25) is 0 Å². The number of methoxy groups -OCH3 is 1. The number of pyridine rings is 1. The first-order valence-electron chi connectivity index (χ1n) is 13.3. The molecule has 0 atom stereocenters. The van der Waals surface area contributed by atoms with Crippen molar-refractivity contribution in [2.45, 2.75) is 39.8 Å². The summed E-state index contributed by atoms with van der Waals surface area (Å²) in [6.07, 6.45) is 3.59. The third-order valence-corrected chi connectivity index (χ3v) is 6.99. The number of H-pyrrole nitrogens is 1. The Labute approximate surface area is 230 Å². The SMILES string of the molecule is COc1ccccc1-c1c[nH]c2ncc(-c3cc(F)c(NCCN(C(C)C)C(C)C)c(C(=O)N(C)C)c3)cc12. The van der Waals surface area contributed by atoms with Gasteiger partial charge in [-0.15, -0.1) is 0 Å². The summed E-state index contributed by atoms with van der Waals surface area (Å²) in [5.74, 6) is 0.00307. The molecule has 1 amide bonds. The molecule has 0 aliphatic heterocycles. The summed E-state index contributed by atoms with van der Waals surface area (Å²) in [5.41, 5.74) is 4.36. The summed E-state index contributed by atoms with van der Waals surface area (Å²) in [4.78, 5) is 24.8. The van der Waals surface area contributed by atoms with Crippen molar-refractivity contribution >= 4 is 22.6 Å². The highest BCUT2D eigenvalue weighted by atomic mass is 19.1. The Hall–Kier alpha value is -3.91. The minimum absolute atomic E-state index is 0.218. The van der Waals surface area contributed by atoms with Gasteiger partial charge in [-0.3, -0.25) is 9.69 Å². The number of hydrogen-bond donors (Lipinski definition) is 2. The number of rotatable bonds is 10. The molecule has 0 bridgehead atoms. The summed E-state index contributed by atoms with van der Waals surface area (Å²) in [7, 11) is 4.98. The molecule has 0 spiro atoms. The molecular weight excluding hydrogens is 493 g/mol. The summed E-state index contributed by atoms with van der Waals surface area (Å²) in [5, 5.41) is 4.08. The lowest BCUT2D eigenvalue weighted by molar-refractivity contribution is 0.0828. The zero-order valence-corrected chi connectivity index (χ0v) is 23.8. The molecule has 8 heteroatoms. The van der Waals surface area contributed by atoms with Crippen LogP contribution >= 0.6 is 0 Å². The molecule has 2 heterocycles. The van der Waals surface area contributed by atoms with Crippen LogP contribution in [0.25, 0.3) is 33.3 Å². The van der Waals surface area contributed by atoms with Crippen LogP contribution in [-0.2, 0) is 0 Å². The first-order valence-corrected chi connectivity index (χ1v) is 13.3. The second-order valence-electron chi connectivity index (χ2n) is 10.5. The van der Waals surface area contributed by atoms with E-state index in [0.717, 1.165) is 28.8 Å². The van der Waals surface area contributed by atoms with Gasteiger partial charge in [-0.05, 0) is 57.5 Å². The van der Waals surface area contributed by atoms with Crippen LogP contribution in [0.3, 0.4) is 0 Å². The largest absolute Gasteiger partial charge is 0.496 e. The fourth-order valence-corrected chi connectivity index (χ4v) is 5.04. The Bertz CT molecular complexity index is 1450. The number of nitrogens with one attached hydrogen (secondary N) is 2. The lowest BCUT2D eigenvalue weighted by atomic mass is 9.99. The van der Waals surface area contributed by atoms with E-state index in [-0.39, 0.29) is 17.2 Å². The average molecular weight is 532 g/mol. The molecule has 7 nitrogen and oxygen atoms in total. The van der Waals surface area contributed by atoms with Crippen LogP contribution in [0, 0.1) is 5.82 Å². The van der Waals surface area contributed by atoms with Crippen LogP contribution in [0.1, 0.15) is 38.1 Å². The molecule has 39 heavy (non-hydrogen) atoms. The number of carbonyl (C=O) groups excluding carboxylic acids is 1. The summed E-state index contributed by atoms with van der Waals surface area (Å²) < 4.78 is 21.2. The Morgan fingerprint density at radius 3 is 2.44 bits per heavy atom. The summed E-state index contributed by atoms with van der Waals surface area (Å²) >= 11 is 0. The van der Waals surface area contributed by atoms with Gasteiger partial charge in [0.25, 0.3) is 5.91 Å². The van der Waals surface area contributed by atoms with E-state index in [1.54, 1.807) is 33.5 Å². The highest BCUT2D eigenvalue weighted by Gasteiger charge is 2.21. The van der Waals surface area contributed by atoms with Gasteiger partial charge in [0.1, 0.15) is 17.2 Å². The molecule has 0 unspecified atom stereocenters. The molecule has 0 saturated heterocycles. The third kappa shape index (κ3) is 5.91. The molecule has 0 aliphatic carbocycles. The molecule has 0 fully saturated rings. The maximum Gasteiger partial charge on any atom is 0.255 e. The number of nitrogens with zero attached hydrogens (tertiary/aromatic N) is 3. The fraction of sp³-hybridized carbons (Fsp3) is 0.355. The second-order valence-corrected chi connectivity index (χ2v) is 10.5. The van der Waals surface area contributed by atoms with E-state index < -0.39 is 5.82 Å².